The van der Waals surface area contributed by atoms with E-state index in [9.17, 15) is 0 Å². The first-order valence-electron chi connectivity index (χ1n) is 8.49. The van der Waals surface area contributed by atoms with Crippen LogP contribution in [-0.2, 0) is 0 Å². The highest BCUT2D eigenvalue weighted by atomic mass is 28.4. The molecule has 3 aromatic carbocycles. The highest BCUT2D eigenvalue weighted by Gasteiger charge is 2.39. The van der Waals surface area contributed by atoms with Crippen molar-refractivity contribution >= 4 is 18.7 Å². The summed E-state index contributed by atoms with van der Waals surface area (Å²) in [7, 11) is -2.55. The quantitative estimate of drug-likeness (QED) is 0.454. The molecule has 2 heteroatoms. The van der Waals surface area contributed by atoms with E-state index in [1.165, 1.54) is 10.4 Å². The van der Waals surface area contributed by atoms with Crippen LogP contribution in [0.25, 0.3) is 0 Å². The molecular weight excluding hydrogens is 320 g/mol. The molecule has 0 bridgehead atoms. The fourth-order valence-corrected chi connectivity index (χ4v) is 6.26. The Labute approximate surface area is 151 Å². The zero-order chi connectivity index (χ0) is 17.4. The summed E-state index contributed by atoms with van der Waals surface area (Å²) >= 11 is 0. The molecule has 0 unspecified atom stereocenters. The van der Waals surface area contributed by atoms with Crippen molar-refractivity contribution in [1.82, 2.24) is 0 Å². The summed E-state index contributed by atoms with van der Waals surface area (Å²) in [5, 5.41) is 2.45. The van der Waals surface area contributed by atoms with Gasteiger partial charge in [-0.15, -0.1) is 6.58 Å². The Kier molecular flexibility index (Phi) is 5.65. The summed E-state index contributed by atoms with van der Waals surface area (Å²) in [6.07, 6.45) is 4.91. The van der Waals surface area contributed by atoms with E-state index in [1.54, 1.807) is 0 Å². The van der Waals surface area contributed by atoms with Gasteiger partial charge in [-0.25, -0.2) is 0 Å². The van der Waals surface area contributed by atoms with Gasteiger partial charge in [-0.3, -0.25) is 0 Å². The van der Waals surface area contributed by atoms with E-state index < -0.39 is 8.32 Å². The molecule has 0 amide bonds. The molecule has 0 aliphatic heterocycles. The zero-order valence-electron chi connectivity index (χ0n) is 14.2. The maximum atomic E-state index is 6.74. The summed E-state index contributed by atoms with van der Waals surface area (Å²) in [4.78, 5) is 0. The van der Waals surface area contributed by atoms with E-state index in [4.69, 9.17) is 4.43 Å². The van der Waals surface area contributed by atoms with Gasteiger partial charge in [-0.1, -0.05) is 96.7 Å². The molecule has 0 atom stereocenters. The van der Waals surface area contributed by atoms with Gasteiger partial charge in [0, 0.05) is 0 Å². The van der Waals surface area contributed by atoms with E-state index in [-0.39, 0.29) is 0 Å². The van der Waals surface area contributed by atoms with Crippen molar-refractivity contribution in [3.8, 4) is 5.75 Å². The number of benzene rings is 3. The second-order valence-corrected chi connectivity index (χ2v) is 8.97. The van der Waals surface area contributed by atoms with Crippen molar-refractivity contribution in [3.05, 3.63) is 115 Å². The van der Waals surface area contributed by atoms with Crippen molar-refractivity contribution in [3.63, 3.8) is 0 Å². The van der Waals surface area contributed by atoms with Crippen LogP contribution in [0.15, 0.2) is 115 Å². The van der Waals surface area contributed by atoms with Crippen molar-refractivity contribution < 1.29 is 4.43 Å². The molecule has 3 rings (SSSR count). The summed E-state index contributed by atoms with van der Waals surface area (Å²) in [6.45, 7) is 3.83. The normalized spacial score (nSPS) is 11.4. The van der Waals surface area contributed by atoms with Crippen LogP contribution in [0, 0.1) is 0 Å². The topological polar surface area (TPSA) is 9.23 Å². The van der Waals surface area contributed by atoms with Crippen LogP contribution in [-0.4, -0.2) is 8.32 Å². The molecule has 0 aliphatic rings. The molecule has 124 valence electrons. The van der Waals surface area contributed by atoms with Crippen LogP contribution >= 0.6 is 0 Å². The minimum Gasteiger partial charge on any atom is -0.531 e. The van der Waals surface area contributed by atoms with Crippen LogP contribution in [0.4, 0.5) is 0 Å². The maximum absolute atomic E-state index is 6.74. The summed E-state index contributed by atoms with van der Waals surface area (Å²) < 4.78 is 6.74. The Morgan fingerprint density at radius 3 is 1.68 bits per heavy atom. The lowest BCUT2D eigenvalue weighted by molar-refractivity contribution is 0.576. The molecular formula is C23H22OSi. The maximum Gasteiger partial charge on any atom is 0.339 e. The van der Waals surface area contributed by atoms with Crippen molar-refractivity contribution in [2.75, 3.05) is 0 Å². The summed E-state index contributed by atoms with van der Waals surface area (Å²) in [5.41, 5.74) is 2.27. The molecule has 0 spiro atoms. The van der Waals surface area contributed by atoms with Gasteiger partial charge in [-0.2, -0.15) is 0 Å². The third-order valence-electron chi connectivity index (χ3n) is 4.08. The second kappa shape index (κ2) is 8.31. The minimum atomic E-state index is -2.55. The summed E-state index contributed by atoms with van der Waals surface area (Å²) in [6, 6.07) is 31.2. The first-order valence-corrected chi connectivity index (χ1v) is 10.5. The molecule has 0 aliphatic carbocycles. The van der Waals surface area contributed by atoms with Crippen LogP contribution < -0.4 is 14.8 Å². The van der Waals surface area contributed by atoms with E-state index in [0.717, 1.165) is 12.2 Å². The van der Waals surface area contributed by atoms with Gasteiger partial charge in [0.2, 0.25) is 0 Å². The lowest BCUT2D eigenvalue weighted by atomic mass is 10.3. The SMILES string of the molecule is C=CC/C=C\[Si](Oc1ccccc1)(c1ccccc1)c1ccccc1. The molecule has 3 aromatic rings. The average molecular weight is 343 g/mol. The molecule has 0 saturated carbocycles. The highest BCUT2D eigenvalue weighted by Crippen LogP contribution is 2.17. The summed E-state index contributed by atoms with van der Waals surface area (Å²) in [5.74, 6) is 0.894. The molecule has 0 radical (unpaired) electrons. The van der Waals surface area contributed by atoms with Crippen LogP contribution in [0.3, 0.4) is 0 Å². The molecule has 0 saturated heterocycles. The van der Waals surface area contributed by atoms with Gasteiger partial charge in [0.25, 0.3) is 0 Å². The fraction of sp³-hybridized carbons (Fsp3) is 0.0435. The van der Waals surface area contributed by atoms with Crippen LogP contribution in [0.5, 0.6) is 5.75 Å². The third kappa shape index (κ3) is 3.98. The van der Waals surface area contributed by atoms with Gasteiger partial charge >= 0.3 is 8.32 Å². The van der Waals surface area contributed by atoms with Crippen LogP contribution in [0.1, 0.15) is 6.42 Å². The van der Waals surface area contributed by atoms with Gasteiger partial charge in [0.1, 0.15) is 5.75 Å². The van der Waals surface area contributed by atoms with Gasteiger partial charge in [0.05, 0.1) is 0 Å². The van der Waals surface area contributed by atoms with Gasteiger partial charge in [0.15, 0.2) is 0 Å². The second-order valence-electron chi connectivity index (χ2n) is 5.81. The Balaban J connectivity index is 2.17. The van der Waals surface area contributed by atoms with Crippen molar-refractivity contribution in [1.29, 1.82) is 0 Å². The number of allylic oxidation sites excluding steroid dienone is 2. The lowest BCUT2D eigenvalue weighted by Crippen LogP contribution is -2.62. The molecule has 0 aromatic heterocycles. The Morgan fingerprint density at radius 1 is 0.720 bits per heavy atom. The third-order valence-corrected chi connectivity index (χ3v) is 7.73. The first kappa shape index (κ1) is 17.0. The Hall–Kier alpha value is -2.84. The van der Waals surface area contributed by atoms with E-state index >= 15 is 0 Å². The van der Waals surface area contributed by atoms with E-state index in [0.29, 0.717) is 0 Å². The number of hydrogen-bond acceptors (Lipinski definition) is 1. The molecule has 1 nitrogen and oxygen atoms in total. The lowest BCUT2D eigenvalue weighted by Gasteiger charge is -2.30. The number of para-hydroxylation sites is 1. The first-order chi connectivity index (χ1) is 12.3. The van der Waals surface area contributed by atoms with E-state index in [2.05, 4.69) is 66.9 Å². The van der Waals surface area contributed by atoms with Crippen molar-refractivity contribution in [2.24, 2.45) is 0 Å². The number of rotatable bonds is 7. The predicted octanol–water partition coefficient (Wildman–Crippen LogP) is 4.50. The largest absolute Gasteiger partial charge is 0.531 e. The highest BCUT2D eigenvalue weighted by molar-refractivity contribution is 7.01. The molecule has 0 heterocycles. The predicted molar refractivity (Wildman–Crippen MR) is 109 cm³/mol. The standard InChI is InChI=1S/C23H22OSi/c1-2-3-13-20-25(22-16-9-5-10-17-22,23-18-11-6-12-19-23)24-21-14-7-4-8-15-21/h2,4-20H,1,3H2/b20-13-. The van der Waals surface area contributed by atoms with Crippen LogP contribution in [0.2, 0.25) is 0 Å². The average Bonchev–Trinajstić information content (AvgIpc) is 2.69. The van der Waals surface area contributed by atoms with E-state index in [1.807, 2.05) is 48.5 Å². The Bertz CT molecular complexity index is 771. The minimum absolute atomic E-state index is 0.826. The fourth-order valence-electron chi connectivity index (χ4n) is 2.89. The zero-order valence-corrected chi connectivity index (χ0v) is 15.2. The molecule has 0 fully saturated rings. The number of hydrogen-bond donors (Lipinski definition) is 0. The molecule has 0 N–H and O–H groups in total. The Morgan fingerprint density at radius 2 is 1.20 bits per heavy atom. The monoisotopic (exact) mass is 342 g/mol. The van der Waals surface area contributed by atoms with Crippen molar-refractivity contribution in [2.45, 2.75) is 6.42 Å². The molecule has 25 heavy (non-hydrogen) atoms. The smallest absolute Gasteiger partial charge is 0.339 e. The van der Waals surface area contributed by atoms with Gasteiger partial charge < -0.3 is 4.43 Å². The van der Waals surface area contributed by atoms with Gasteiger partial charge in [-0.05, 0) is 28.9 Å².